The summed E-state index contributed by atoms with van der Waals surface area (Å²) in [5.74, 6) is 0.0378. The van der Waals surface area contributed by atoms with Gasteiger partial charge in [-0.1, -0.05) is 0 Å². The minimum absolute atomic E-state index is 0.0658. The maximum absolute atomic E-state index is 12.7. The van der Waals surface area contributed by atoms with E-state index in [2.05, 4.69) is 4.72 Å². The lowest BCUT2D eigenvalue weighted by molar-refractivity contribution is 0.392. The summed E-state index contributed by atoms with van der Waals surface area (Å²) >= 11 is 0. The largest absolute Gasteiger partial charge is 0.497 e. The van der Waals surface area contributed by atoms with E-state index >= 15 is 0 Å². The first-order valence-electron chi connectivity index (χ1n) is 7.20. The molecule has 1 aromatic heterocycles. The Morgan fingerprint density at radius 3 is 2.52 bits per heavy atom. The summed E-state index contributed by atoms with van der Waals surface area (Å²) in [4.78, 5) is 11.5. The van der Waals surface area contributed by atoms with E-state index in [1.807, 2.05) is 0 Å². The molecule has 0 unspecified atom stereocenters. The number of methoxy groups -OCH3 is 2. The molecule has 0 saturated heterocycles. The summed E-state index contributed by atoms with van der Waals surface area (Å²) in [5, 5.41) is 0. The van der Waals surface area contributed by atoms with Crippen LogP contribution in [0.25, 0.3) is 11.1 Å². The maximum Gasteiger partial charge on any atom is 0.419 e. The second-order valence-electron chi connectivity index (χ2n) is 5.23. The highest BCUT2D eigenvalue weighted by molar-refractivity contribution is 7.92. The molecule has 0 spiro atoms. The number of hydrogen-bond donors (Lipinski definition) is 1. The molecule has 0 aliphatic heterocycles. The number of aryl methyl sites for hydroxylation is 1. The zero-order valence-corrected chi connectivity index (χ0v) is 14.6. The number of ether oxygens (including phenoxy) is 2. The van der Waals surface area contributed by atoms with Gasteiger partial charge in [-0.3, -0.25) is 9.29 Å². The molecule has 0 amide bonds. The van der Waals surface area contributed by atoms with E-state index in [1.54, 1.807) is 25.2 Å². The highest BCUT2D eigenvalue weighted by atomic mass is 32.2. The smallest absolute Gasteiger partial charge is 0.419 e. The van der Waals surface area contributed by atoms with Crippen LogP contribution in [0.5, 0.6) is 11.5 Å². The van der Waals surface area contributed by atoms with Crippen LogP contribution >= 0.6 is 0 Å². The normalized spacial score (nSPS) is 11.5. The number of sulfonamides is 1. The molecule has 0 saturated carbocycles. The molecule has 2 aromatic carbocycles. The molecule has 0 fully saturated rings. The van der Waals surface area contributed by atoms with Crippen LogP contribution < -0.4 is 20.0 Å². The lowest BCUT2D eigenvalue weighted by Crippen LogP contribution is -2.14. The summed E-state index contributed by atoms with van der Waals surface area (Å²) < 4.78 is 44.5. The van der Waals surface area contributed by atoms with Crippen molar-refractivity contribution in [2.45, 2.75) is 4.90 Å². The number of rotatable bonds is 5. The minimum Gasteiger partial charge on any atom is -0.497 e. The average molecular weight is 364 g/mol. The SMILES string of the molecule is COc1ccc(OC)c(S(=O)(=O)Nc2ccc3c(c2)oc(=O)n3C)c1. The second-order valence-corrected chi connectivity index (χ2v) is 6.88. The van der Waals surface area contributed by atoms with Gasteiger partial charge < -0.3 is 13.9 Å². The molecule has 3 aromatic rings. The summed E-state index contributed by atoms with van der Waals surface area (Å²) in [6, 6.07) is 9.06. The number of benzene rings is 2. The van der Waals surface area contributed by atoms with Crippen molar-refractivity contribution in [3.05, 3.63) is 46.9 Å². The predicted molar refractivity (Wildman–Crippen MR) is 91.8 cm³/mol. The Balaban J connectivity index is 2.03. The summed E-state index contributed by atoms with van der Waals surface area (Å²) in [6.45, 7) is 0. The molecule has 0 radical (unpaired) electrons. The van der Waals surface area contributed by atoms with Gasteiger partial charge in [0, 0.05) is 19.2 Å². The van der Waals surface area contributed by atoms with Gasteiger partial charge in [-0.15, -0.1) is 0 Å². The Morgan fingerprint density at radius 2 is 1.84 bits per heavy atom. The van der Waals surface area contributed by atoms with E-state index in [1.165, 1.54) is 37.0 Å². The van der Waals surface area contributed by atoms with Crippen molar-refractivity contribution < 1.29 is 22.3 Å². The minimum atomic E-state index is -3.94. The number of nitrogens with one attached hydrogen (secondary N) is 1. The van der Waals surface area contributed by atoms with E-state index < -0.39 is 15.8 Å². The van der Waals surface area contributed by atoms with Gasteiger partial charge in [0.25, 0.3) is 10.0 Å². The first-order chi connectivity index (χ1) is 11.9. The van der Waals surface area contributed by atoms with E-state index in [0.29, 0.717) is 11.3 Å². The number of hydrogen-bond acceptors (Lipinski definition) is 6. The Labute approximate surface area is 143 Å². The molecule has 0 bridgehead atoms. The van der Waals surface area contributed by atoms with Crippen LogP contribution in [0.3, 0.4) is 0 Å². The van der Waals surface area contributed by atoms with Crippen molar-refractivity contribution in [3.63, 3.8) is 0 Å². The monoisotopic (exact) mass is 364 g/mol. The molecular weight excluding hydrogens is 348 g/mol. The molecule has 9 heteroatoms. The predicted octanol–water partition coefficient (Wildman–Crippen LogP) is 1.95. The molecule has 132 valence electrons. The van der Waals surface area contributed by atoms with E-state index in [4.69, 9.17) is 13.9 Å². The van der Waals surface area contributed by atoms with E-state index in [-0.39, 0.29) is 21.9 Å². The number of fused-ring (bicyclic) bond motifs is 1. The molecule has 8 nitrogen and oxygen atoms in total. The second kappa shape index (κ2) is 6.17. The van der Waals surface area contributed by atoms with Crippen LogP contribution in [-0.2, 0) is 17.1 Å². The number of aromatic nitrogens is 1. The van der Waals surface area contributed by atoms with E-state index in [9.17, 15) is 13.2 Å². The molecule has 3 rings (SSSR count). The Bertz CT molecular complexity index is 1100. The van der Waals surface area contributed by atoms with Crippen LogP contribution in [0, 0.1) is 0 Å². The van der Waals surface area contributed by atoms with Crippen molar-refractivity contribution in [1.29, 1.82) is 0 Å². The Hall–Kier alpha value is -2.94. The van der Waals surface area contributed by atoms with Crippen LogP contribution in [-0.4, -0.2) is 27.2 Å². The average Bonchev–Trinajstić information content (AvgIpc) is 2.87. The molecule has 1 N–H and O–H groups in total. The van der Waals surface area contributed by atoms with Gasteiger partial charge >= 0.3 is 5.76 Å². The number of nitrogens with zero attached hydrogens (tertiary/aromatic N) is 1. The lowest BCUT2D eigenvalue weighted by atomic mass is 10.3. The summed E-state index contributed by atoms with van der Waals surface area (Å²) in [6.07, 6.45) is 0. The third-order valence-corrected chi connectivity index (χ3v) is 5.11. The topological polar surface area (TPSA) is 99.8 Å². The van der Waals surface area contributed by atoms with Crippen molar-refractivity contribution >= 4 is 26.8 Å². The maximum atomic E-state index is 12.7. The standard InChI is InChI=1S/C16H16N2O6S/c1-18-12-6-4-10(8-14(12)24-16(18)19)17-25(20,21)15-9-11(22-2)5-7-13(15)23-3/h4-9,17H,1-3H3. The third kappa shape index (κ3) is 3.05. The van der Waals surface area contributed by atoms with Gasteiger partial charge in [-0.2, -0.15) is 0 Å². The lowest BCUT2D eigenvalue weighted by Gasteiger charge is -2.12. The molecule has 25 heavy (non-hydrogen) atoms. The zero-order chi connectivity index (χ0) is 18.2. The molecule has 0 aliphatic rings. The van der Waals surface area contributed by atoms with Crippen molar-refractivity contribution in [1.82, 2.24) is 4.57 Å². The fourth-order valence-corrected chi connectivity index (χ4v) is 3.64. The first kappa shape index (κ1) is 16.9. The van der Waals surface area contributed by atoms with Crippen LogP contribution in [0.15, 0.2) is 50.5 Å². The van der Waals surface area contributed by atoms with Gasteiger partial charge in [-0.25, -0.2) is 13.2 Å². The first-order valence-corrected chi connectivity index (χ1v) is 8.68. The highest BCUT2D eigenvalue weighted by Crippen LogP contribution is 2.30. The molecule has 0 aliphatic carbocycles. The fraction of sp³-hybridized carbons (Fsp3) is 0.188. The number of anilines is 1. The zero-order valence-electron chi connectivity index (χ0n) is 13.8. The van der Waals surface area contributed by atoms with Crippen molar-refractivity contribution in [3.8, 4) is 11.5 Å². The quantitative estimate of drug-likeness (QED) is 0.743. The Kier molecular flexibility index (Phi) is 4.17. The molecule has 1 heterocycles. The summed E-state index contributed by atoms with van der Waals surface area (Å²) in [7, 11) is 0.448. The number of oxazole rings is 1. The Morgan fingerprint density at radius 1 is 1.08 bits per heavy atom. The highest BCUT2D eigenvalue weighted by Gasteiger charge is 2.21. The van der Waals surface area contributed by atoms with Gasteiger partial charge in [-0.05, 0) is 24.3 Å². The van der Waals surface area contributed by atoms with Gasteiger partial charge in [0.05, 0.1) is 25.4 Å². The van der Waals surface area contributed by atoms with Gasteiger partial charge in [0.2, 0.25) is 0 Å². The fourth-order valence-electron chi connectivity index (χ4n) is 2.40. The van der Waals surface area contributed by atoms with E-state index in [0.717, 1.165) is 0 Å². The summed E-state index contributed by atoms with van der Waals surface area (Å²) in [5.41, 5.74) is 1.10. The van der Waals surface area contributed by atoms with Crippen LogP contribution in [0.4, 0.5) is 5.69 Å². The molecule has 0 atom stereocenters. The van der Waals surface area contributed by atoms with Gasteiger partial charge in [0.1, 0.15) is 16.4 Å². The van der Waals surface area contributed by atoms with Crippen molar-refractivity contribution in [2.24, 2.45) is 7.05 Å². The molecular formula is C16H16N2O6S. The third-order valence-electron chi connectivity index (χ3n) is 3.70. The van der Waals surface area contributed by atoms with Crippen LogP contribution in [0.2, 0.25) is 0 Å². The van der Waals surface area contributed by atoms with Crippen LogP contribution in [0.1, 0.15) is 0 Å². The van der Waals surface area contributed by atoms with Gasteiger partial charge in [0.15, 0.2) is 5.58 Å². The van der Waals surface area contributed by atoms with Crippen molar-refractivity contribution in [2.75, 3.05) is 18.9 Å².